The Labute approximate surface area is 98.8 Å². The largest absolute Gasteiger partial charge is 0.453 e. The van der Waals surface area contributed by atoms with Gasteiger partial charge in [-0.15, -0.1) is 0 Å². The molecular weight excluding hydrogens is 248 g/mol. The minimum Gasteiger partial charge on any atom is -0.453 e. The van der Waals surface area contributed by atoms with Crippen LogP contribution in [0, 0.1) is 21.7 Å². The number of rotatable bonds is 3. The SMILES string of the molecule is O=Cc1ccc(-c2cc(F)c(F)cc2[N+](=O)[O-])o1. The van der Waals surface area contributed by atoms with Crippen molar-refractivity contribution in [2.45, 2.75) is 0 Å². The predicted octanol–water partition coefficient (Wildman–Crippen LogP) is 2.95. The Morgan fingerprint density at radius 3 is 2.44 bits per heavy atom. The molecule has 0 fully saturated rings. The van der Waals surface area contributed by atoms with Crippen LogP contribution in [0.25, 0.3) is 11.3 Å². The fourth-order valence-corrected chi connectivity index (χ4v) is 1.45. The van der Waals surface area contributed by atoms with Crippen molar-refractivity contribution in [3.63, 3.8) is 0 Å². The van der Waals surface area contributed by atoms with Crippen LogP contribution >= 0.6 is 0 Å². The van der Waals surface area contributed by atoms with E-state index in [1.54, 1.807) is 0 Å². The van der Waals surface area contributed by atoms with Crippen LogP contribution in [0.1, 0.15) is 10.6 Å². The van der Waals surface area contributed by atoms with Crippen molar-refractivity contribution in [2.24, 2.45) is 0 Å². The number of nitrogens with zero attached hydrogens (tertiary/aromatic N) is 1. The molecule has 5 nitrogen and oxygen atoms in total. The molecular formula is C11H5F2NO4. The monoisotopic (exact) mass is 253 g/mol. The molecule has 0 saturated carbocycles. The number of nitro benzene ring substituents is 1. The molecule has 7 heteroatoms. The molecule has 1 aromatic carbocycles. The summed E-state index contributed by atoms with van der Waals surface area (Å²) in [6.45, 7) is 0. The summed E-state index contributed by atoms with van der Waals surface area (Å²) < 4.78 is 31.0. The zero-order chi connectivity index (χ0) is 13.3. The lowest BCUT2D eigenvalue weighted by Gasteiger charge is -2.01. The molecule has 0 N–H and O–H groups in total. The van der Waals surface area contributed by atoms with E-state index in [1.165, 1.54) is 12.1 Å². The molecule has 2 rings (SSSR count). The van der Waals surface area contributed by atoms with Crippen molar-refractivity contribution >= 4 is 12.0 Å². The molecule has 0 spiro atoms. The van der Waals surface area contributed by atoms with Gasteiger partial charge in [0, 0.05) is 0 Å². The minimum absolute atomic E-state index is 0.0657. The molecule has 0 saturated heterocycles. The number of hydrogen-bond acceptors (Lipinski definition) is 4. The zero-order valence-electron chi connectivity index (χ0n) is 8.72. The molecule has 0 amide bonds. The van der Waals surface area contributed by atoms with E-state index in [1.807, 2.05) is 0 Å². The molecule has 0 radical (unpaired) electrons. The highest BCUT2D eigenvalue weighted by Gasteiger charge is 2.22. The molecule has 0 unspecified atom stereocenters. The first-order valence-corrected chi connectivity index (χ1v) is 4.71. The highest BCUT2D eigenvalue weighted by Crippen LogP contribution is 2.32. The van der Waals surface area contributed by atoms with E-state index < -0.39 is 22.2 Å². The van der Waals surface area contributed by atoms with Crippen LogP contribution in [0.5, 0.6) is 0 Å². The van der Waals surface area contributed by atoms with Crippen molar-refractivity contribution in [2.75, 3.05) is 0 Å². The first-order valence-electron chi connectivity index (χ1n) is 4.71. The summed E-state index contributed by atoms with van der Waals surface area (Å²) in [7, 11) is 0. The van der Waals surface area contributed by atoms with Crippen LogP contribution in [-0.2, 0) is 0 Å². The van der Waals surface area contributed by atoms with Crippen LogP contribution in [0.2, 0.25) is 0 Å². The van der Waals surface area contributed by atoms with Gasteiger partial charge in [0.25, 0.3) is 5.69 Å². The number of carbonyl (C=O) groups is 1. The van der Waals surface area contributed by atoms with Gasteiger partial charge < -0.3 is 4.42 Å². The van der Waals surface area contributed by atoms with Crippen LogP contribution < -0.4 is 0 Å². The van der Waals surface area contributed by atoms with Crippen molar-refractivity contribution in [3.05, 3.63) is 51.8 Å². The molecule has 0 aliphatic rings. The van der Waals surface area contributed by atoms with E-state index in [9.17, 15) is 23.7 Å². The molecule has 0 atom stereocenters. The third kappa shape index (κ3) is 1.97. The van der Waals surface area contributed by atoms with E-state index >= 15 is 0 Å². The van der Waals surface area contributed by atoms with E-state index in [4.69, 9.17) is 4.42 Å². The van der Waals surface area contributed by atoms with E-state index in [0.29, 0.717) is 18.4 Å². The number of carbonyl (C=O) groups excluding carboxylic acids is 1. The smallest absolute Gasteiger partial charge is 0.283 e. The molecule has 0 aliphatic heterocycles. The van der Waals surface area contributed by atoms with Gasteiger partial charge in [0.1, 0.15) is 5.76 Å². The van der Waals surface area contributed by atoms with Gasteiger partial charge in [-0.05, 0) is 18.2 Å². The number of nitro groups is 1. The highest BCUT2D eigenvalue weighted by molar-refractivity contribution is 5.75. The number of hydrogen-bond donors (Lipinski definition) is 0. The third-order valence-electron chi connectivity index (χ3n) is 2.24. The van der Waals surface area contributed by atoms with Gasteiger partial charge in [-0.25, -0.2) is 8.78 Å². The normalized spacial score (nSPS) is 10.3. The second-order valence-corrected chi connectivity index (χ2v) is 3.36. The first-order chi connectivity index (χ1) is 8.52. The molecule has 2 aromatic rings. The Kier molecular flexibility index (Phi) is 2.88. The lowest BCUT2D eigenvalue weighted by molar-refractivity contribution is -0.384. The molecule has 0 aliphatic carbocycles. The summed E-state index contributed by atoms with van der Waals surface area (Å²) in [6.07, 6.45) is 0.398. The lowest BCUT2D eigenvalue weighted by atomic mass is 10.1. The van der Waals surface area contributed by atoms with Gasteiger partial charge in [0.2, 0.25) is 0 Å². The van der Waals surface area contributed by atoms with Crippen molar-refractivity contribution < 1.29 is 22.9 Å². The number of benzene rings is 1. The second-order valence-electron chi connectivity index (χ2n) is 3.36. The summed E-state index contributed by atoms with van der Waals surface area (Å²) >= 11 is 0. The molecule has 0 bridgehead atoms. The summed E-state index contributed by atoms with van der Waals surface area (Å²) in [5, 5.41) is 10.7. The zero-order valence-corrected chi connectivity index (χ0v) is 8.72. The van der Waals surface area contributed by atoms with E-state index in [-0.39, 0.29) is 17.1 Å². The topological polar surface area (TPSA) is 73.3 Å². The van der Waals surface area contributed by atoms with Gasteiger partial charge in [0.15, 0.2) is 23.7 Å². The van der Waals surface area contributed by atoms with Gasteiger partial charge >= 0.3 is 0 Å². The lowest BCUT2D eigenvalue weighted by Crippen LogP contribution is -1.95. The van der Waals surface area contributed by atoms with Crippen LogP contribution in [0.4, 0.5) is 14.5 Å². The number of halogens is 2. The average molecular weight is 253 g/mol. The Balaban J connectivity index is 2.65. The van der Waals surface area contributed by atoms with Crippen LogP contribution in [-0.4, -0.2) is 11.2 Å². The standard InChI is InChI=1S/C11H5F2NO4/c12-8-3-7(10(14(16)17)4-9(8)13)11-2-1-6(5-15)18-11/h1-5H. The molecule has 1 aromatic heterocycles. The maximum Gasteiger partial charge on any atom is 0.283 e. The summed E-state index contributed by atoms with van der Waals surface area (Å²) in [5.74, 6) is -2.71. The van der Waals surface area contributed by atoms with Gasteiger partial charge in [-0.2, -0.15) is 0 Å². The highest BCUT2D eigenvalue weighted by atomic mass is 19.2. The molecule has 1 heterocycles. The Hall–Kier alpha value is -2.57. The van der Waals surface area contributed by atoms with Gasteiger partial charge in [-0.1, -0.05) is 0 Å². The van der Waals surface area contributed by atoms with Crippen LogP contribution in [0.3, 0.4) is 0 Å². The number of furan rings is 1. The fraction of sp³-hybridized carbons (Fsp3) is 0. The Morgan fingerprint density at radius 2 is 1.89 bits per heavy atom. The van der Waals surface area contributed by atoms with Crippen molar-refractivity contribution in [3.8, 4) is 11.3 Å². The summed E-state index contributed by atoms with van der Waals surface area (Å²) in [4.78, 5) is 20.3. The Morgan fingerprint density at radius 1 is 1.22 bits per heavy atom. The third-order valence-corrected chi connectivity index (χ3v) is 2.24. The number of aldehydes is 1. The average Bonchev–Trinajstić information content (AvgIpc) is 2.80. The summed E-state index contributed by atoms with van der Waals surface area (Å²) in [5.41, 5.74) is -0.868. The maximum atomic E-state index is 13.1. The van der Waals surface area contributed by atoms with E-state index in [0.717, 1.165) is 0 Å². The summed E-state index contributed by atoms with van der Waals surface area (Å²) in [6, 6.07) is 3.66. The quantitative estimate of drug-likeness (QED) is 0.479. The van der Waals surface area contributed by atoms with Crippen molar-refractivity contribution in [1.82, 2.24) is 0 Å². The first kappa shape index (κ1) is 11.9. The van der Waals surface area contributed by atoms with Gasteiger partial charge in [0.05, 0.1) is 16.6 Å². The molecule has 18 heavy (non-hydrogen) atoms. The van der Waals surface area contributed by atoms with Gasteiger partial charge in [-0.3, -0.25) is 14.9 Å². The second kappa shape index (κ2) is 4.36. The maximum absolute atomic E-state index is 13.1. The van der Waals surface area contributed by atoms with Crippen LogP contribution in [0.15, 0.2) is 28.7 Å². The Bertz CT molecular complexity index is 636. The van der Waals surface area contributed by atoms with Crippen molar-refractivity contribution in [1.29, 1.82) is 0 Å². The minimum atomic E-state index is -1.33. The van der Waals surface area contributed by atoms with E-state index in [2.05, 4.69) is 0 Å². The fourth-order valence-electron chi connectivity index (χ4n) is 1.45. The molecule has 92 valence electrons. The predicted molar refractivity (Wildman–Crippen MR) is 56.1 cm³/mol.